The van der Waals surface area contributed by atoms with E-state index in [0.717, 1.165) is 29.9 Å². The molecule has 2 heterocycles. The van der Waals surface area contributed by atoms with Gasteiger partial charge in [-0.3, -0.25) is 4.98 Å². The number of aryl methyl sites for hydroxylation is 1. The lowest BCUT2D eigenvalue weighted by Crippen LogP contribution is -1.99. The third-order valence-corrected chi connectivity index (χ3v) is 4.03. The molecule has 2 aromatic heterocycles. The highest BCUT2D eigenvalue weighted by atomic mass is 19.1. The van der Waals surface area contributed by atoms with E-state index in [4.69, 9.17) is 4.74 Å². The minimum atomic E-state index is -0.280. The summed E-state index contributed by atoms with van der Waals surface area (Å²) in [7, 11) is 0. The summed E-state index contributed by atoms with van der Waals surface area (Å²) in [6, 6.07) is 12.3. The van der Waals surface area contributed by atoms with Crippen molar-refractivity contribution in [1.29, 1.82) is 0 Å². The minimum Gasteiger partial charge on any atom is -0.438 e. The summed E-state index contributed by atoms with van der Waals surface area (Å²) in [5.41, 5.74) is 2.54. The van der Waals surface area contributed by atoms with Gasteiger partial charge < -0.3 is 9.30 Å². The number of hydrogen-bond donors (Lipinski definition) is 0. The summed E-state index contributed by atoms with van der Waals surface area (Å²) in [5, 5.41) is 0. The second kappa shape index (κ2) is 6.92. The van der Waals surface area contributed by atoms with Crippen LogP contribution in [0.4, 0.5) is 4.39 Å². The lowest BCUT2D eigenvalue weighted by atomic mass is 10.2. The normalized spacial score (nSPS) is 11.0. The number of fused-ring (bicyclic) bond motifs is 1. The molecule has 26 heavy (non-hydrogen) atoms. The molecule has 0 aliphatic heterocycles. The summed E-state index contributed by atoms with van der Waals surface area (Å²) in [6.07, 6.45) is 5.69. The second-order valence-electron chi connectivity index (χ2n) is 5.89. The van der Waals surface area contributed by atoms with E-state index in [-0.39, 0.29) is 5.82 Å². The van der Waals surface area contributed by atoms with Gasteiger partial charge in [-0.05, 0) is 42.8 Å². The first kappa shape index (κ1) is 16.2. The van der Waals surface area contributed by atoms with Crippen molar-refractivity contribution >= 4 is 11.0 Å². The Balaban J connectivity index is 1.69. The number of halogens is 1. The molecule has 0 saturated heterocycles. The number of imidazole rings is 1. The first-order valence-electron chi connectivity index (χ1n) is 8.44. The van der Waals surface area contributed by atoms with Crippen LogP contribution in [0.2, 0.25) is 0 Å². The van der Waals surface area contributed by atoms with Crippen LogP contribution >= 0.6 is 0 Å². The van der Waals surface area contributed by atoms with Crippen molar-refractivity contribution < 1.29 is 9.13 Å². The van der Waals surface area contributed by atoms with Gasteiger partial charge in [-0.2, -0.15) is 0 Å². The molecule has 0 fully saturated rings. The Morgan fingerprint density at radius 3 is 2.65 bits per heavy atom. The van der Waals surface area contributed by atoms with Gasteiger partial charge in [0.25, 0.3) is 0 Å². The van der Waals surface area contributed by atoms with Gasteiger partial charge in [0.2, 0.25) is 5.88 Å². The summed E-state index contributed by atoms with van der Waals surface area (Å²) in [6.45, 7) is 2.92. The van der Waals surface area contributed by atoms with Gasteiger partial charge in [-0.25, -0.2) is 14.4 Å². The third-order valence-electron chi connectivity index (χ3n) is 4.03. The van der Waals surface area contributed by atoms with E-state index in [1.165, 1.54) is 12.1 Å². The molecule has 6 heteroatoms. The van der Waals surface area contributed by atoms with E-state index in [9.17, 15) is 4.39 Å². The van der Waals surface area contributed by atoms with Crippen LogP contribution in [0, 0.1) is 5.82 Å². The van der Waals surface area contributed by atoms with Crippen molar-refractivity contribution in [2.75, 3.05) is 0 Å². The standard InChI is InChI=1S/C20H17FN4O/c1-2-11-25-18-8-5-15(21)12-17(18)24-20(25)14-3-6-16(7-4-14)26-19-13-22-9-10-23-19/h3-10,12-13H,2,11H2,1H3. The molecule has 0 amide bonds. The van der Waals surface area contributed by atoms with Crippen molar-refractivity contribution in [3.8, 4) is 23.0 Å². The summed E-state index contributed by atoms with van der Waals surface area (Å²) < 4.78 is 21.3. The molecule has 0 N–H and O–H groups in total. The predicted molar refractivity (Wildman–Crippen MR) is 97.5 cm³/mol. The molecular formula is C20H17FN4O. The predicted octanol–water partition coefficient (Wildman–Crippen LogP) is 4.83. The quantitative estimate of drug-likeness (QED) is 0.518. The molecule has 0 atom stereocenters. The van der Waals surface area contributed by atoms with E-state index < -0.39 is 0 Å². The molecule has 5 nitrogen and oxygen atoms in total. The van der Waals surface area contributed by atoms with Crippen molar-refractivity contribution in [3.63, 3.8) is 0 Å². The smallest absolute Gasteiger partial charge is 0.237 e. The van der Waals surface area contributed by atoms with Crippen molar-refractivity contribution in [1.82, 2.24) is 19.5 Å². The van der Waals surface area contributed by atoms with E-state index in [1.54, 1.807) is 24.7 Å². The summed E-state index contributed by atoms with van der Waals surface area (Å²) >= 11 is 0. The zero-order chi connectivity index (χ0) is 17.9. The average Bonchev–Trinajstić information content (AvgIpc) is 3.01. The Morgan fingerprint density at radius 2 is 1.92 bits per heavy atom. The Morgan fingerprint density at radius 1 is 1.08 bits per heavy atom. The molecule has 0 spiro atoms. The van der Waals surface area contributed by atoms with Gasteiger partial charge in [0.05, 0.1) is 17.2 Å². The molecule has 0 unspecified atom stereocenters. The Labute approximate surface area is 150 Å². The van der Waals surface area contributed by atoms with E-state index >= 15 is 0 Å². The molecule has 0 aliphatic carbocycles. The fourth-order valence-electron chi connectivity index (χ4n) is 2.90. The Hall–Kier alpha value is -3.28. The van der Waals surface area contributed by atoms with Crippen LogP contribution in [0.15, 0.2) is 61.1 Å². The maximum Gasteiger partial charge on any atom is 0.237 e. The molecule has 0 radical (unpaired) electrons. The van der Waals surface area contributed by atoms with Crippen molar-refractivity contribution in [3.05, 3.63) is 66.9 Å². The van der Waals surface area contributed by atoms with Crippen LogP contribution in [0.25, 0.3) is 22.4 Å². The van der Waals surface area contributed by atoms with Gasteiger partial charge >= 0.3 is 0 Å². The summed E-state index contributed by atoms with van der Waals surface area (Å²) in [5.74, 6) is 1.64. The average molecular weight is 348 g/mol. The molecule has 0 bridgehead atoms. The van der Waals surface area contributed by atoms with Gasteiger partial charge in [0.15, 0.2) is 0 Å². The number of ether oxygens (including phenoxy) is 1. The van der Waals surface area contributed by atoms with Crippen LogP contribution in [-0.4, -0.2) is 19.5 Å². The molecule has 0 saturated carbocycles. The van der Waals surface area contributed by atoms with Crippen LogP contribution < -0.4 is 4.74 Å². The van der Waals surface area contributed by atoms with Gasteiger partial charge in [0, 0.05) is 30.6 Å². The highest BCUT2D eigenvalue weighted by Crippen LogP contribution is 2.28. The topological polar surface area (TPSA) is 52.8 Å². The number of hydrogen-bond acceptors (Lipinski definition) is 4. The van der Waals surface area contributed by atoms with Crippen molar-refractivity contribution in [2.24, 2.45) is 0 Å². The van der Waals surface area contributed by atoms with Crippen molar-refractivity contribution in [2.45, 2.75) is 19.9 Å². The molecular weight excluding hydrogens is 331 g/mol. The van der Waals surface area contributed by atoms with E-state index in [1.807, 2.05) is 24.3 Å². The lowest BCUT2D eigenvalue weighted by Gasteiger charge is -2.09. The molecule has 130 valence electrons. The second-order valence-corrected chi connectivity index (χ2v) is 5.89. The zero-order valence-corrected chi connectivity index (χ0v) is 14.3. The molecule has 0 aliphatic rings. The highest BCUT2D eigenvalue weighted by Gasteiger charge is 2.13. The van der Waals surface area contributed by atoms with E-state index in [0.29, 0.717) is 17.1 Å². The van der Waals surface area contributed by atoms with E-state index in [2.05, 4.69) is 26.4 Å². The third kappa shape index (κ3) is 3.13. The maximum atomic E-state index is 13.5. The fraction of sp³-hybridized carbons (Fsp3) is 0.150. The first-order valence-corrected chi connectivity index (χ1v) is 8.44. The SMILES string of the molecule is CCCn1c(-c2ccc(Oc3cnccn3)cc2)nc2cc(F)ccc21. The minimum absolute atomic E-state index is 0.280. The molecule has 4 aromatic rings. The highest BCUT2D eigenvalue weighted by molar-refractivity contribution is 5.80. The van der Waals surface area contributed by atoms with Crippen LogP contribution in [0.5, 0.6) is 11.6 Å². The first-order chi connectivity index (χ1) is 12.7. The number of nitrogens with zero attached hydrogens (tertiary/aromatic N) is 4. The van der Waals surface area contributed by atoms with Crippen LogP contribution in [0.3, 0.4) is 0 Å². The molecule has 2 aromatic carbocycles. The lowest BCUT2D eigenvalue weighted by molar-refractivity contribution is 0.460. The van der Waals surface area contributed by atoms with Gasteiger partial charge in [-0.15, -0.1) is 0 Å². The van der Waals surface area contributed by atoms with Crippen LogP contribution in [0.1, 0.15) is 13.3 Å². The van der Waals surface area contributed by atoms with Gasteiger partial charge in [-0.1, -0.05) is 6.92 Å². The maximum absolute atomic E-state index is 13.5. The Kier molecular flexibility index (Phi) is 4.31. The number of benzene rings is 2. The summed E-state index contributed by atoms with van der Waals surface area (Å²) in [4.78, 5) is 12.7. The fourth-order valence-corrected chi connectivity index (χ4v) is 2.90. The van der Waals surface area contributed by atoms with Crippen LogP contribution in [-0.2, 0) is 6.54 Å². The zero-order valence-electron chi connectivity index (χ0n) is 14.3. The Bertz CT molecular complexity index is 1030. The number of aromatic nitrogens is 4. The monoisotopic (exact) mass is 348 g/mol. The largest absolute Gasteiger partial charge is 0.438 e. The molecule has 4 rings (SSSR count). The number of rotatable bonds is 5. The van der Waals surface area contributed by atoms with Gasteiger partial charge in [0.1, 0.15) is 17.4 Å².